The van der Waals surface area contributed by atoms with Crippen LogP contribution in [0.4, 0.5) is 5.82 Å². The molecule has 1 unspecified atom stereocenters. The number of fused-ring (bicyclic) bond motifs is 1. The number of hydrogen-bond acceptors (Lipinski definition) is 7. The summed E-state index contributed by atoms with van der Waals surface area (Å²) in [5.74, 6) is 0.863. The van der Waals surface area contributed by atoms with E-state index in [1.807, 2.05) is 6.20 Å². The molecule has 4 heterocycles. The zero-order valence-corrected chi connectivity index (χ0v) is 13.8. The molecular formula is C18H14N8. The van der Waals surface area contributed by atoms with Crippen molar-refractivity contribution in [3.63, 3.8) is 0 Å². The van der Waals surface area contributed by atoms with Crippen molar-refractivity contribution in [1.82, 2.24) is 24.7 Å². The van der Waals surface area contributed by atoms with Gasteiger partial charge in [0.2, 0.25) is 0 Å². The predicted molar refractivity (Wildman–Crippen MR) is 92.8 cm³/mol. The summed E-state index contributed by atoms with van der Waals surface area (Å²) in [5.41, 5.74) is 4.04. The Labute approximate surface area is 149 Å². The molecule has 3 aromatic heterocycles. The number of hydrogen-bond donors (Lipinski definition) is 1. The van der Waals surface area contributed by atoms with E-state index in [4.69, 9.17) is 5.26 Å². The highest BCUT2D eigenvalue weighted by molar-refractivity contribution is 5.69. The number of rotatable bonds is 4. The monoisotopic (exact) mass is 342 g/mol. The molecule has 4 rings (SSSR count). The summed E-state index contributed by atoms with van der Waals surface area (Å²) >= 11 is 0. The summed E-state index contributed by atoms with van der Waals surface area (Å²) in [6.45, 7) is 0.846. The zero-order chi connectivity index (χ0) is 17.9. The van der Waals surface area contributed by atoms with Crippen LogP contribution in [0.2, 0.25) is 0 Å². The van der Waals surface area contributed by atoms with E-state index in [0.717, 1.165) is 41.2 Å². The molecule has 0 amide bonds. The van der Waals surface area contributed by atoms with Crippen LogP contribution in [0.3, 0.4) is 0 Å². The summed E-state index contributed by atoms with van der Waals surface area (Å²) in [4.78, 5) is 12.8. The van der Waals surface area contributed by atoms with Crippen LogP contribution in [-0.4, -0.2) is 31.3 Å². The minimum Gasteiger partial charge on any atom is -0.369 e. The second-order valence-electron chi connectivity index (χ2n) is 5.93. The normalized spacial score (nSPS) is 13.3. The molecule has 0 aromatic carbocycles. The van der Waals surface area contributed by atoms with Crippen LogP contribution < -0.4 is 5.32 Å². The Bertz CT molecular complexity index is 1040. The van der Waals surface area contributed by atoms with Gasteiger partial charge in [0, 0.05) is 36.3 Å². The second kappa shape index (κ2) is 6.61. The summed E-state index contributed by atoms with van der Waals surface area (Å²) in [6, 6.07) is 5.68. The second-order valence-corrected chi connectivity index (χ2v) is 5.93. The molecule has 1 aliphatic heterocycles. The van der Waals surface area contributed by atoms with Gasteiger partial charge in [0.1, 0.15) is 18.2 Å². The van der Waals surface area contributed by atoms with E-state index in [0.29, 0.717) is 5.56 Å². The lowest BCUT2D eigenvalue weighted by atomic mass is 10.0. The van der Waals surface area contributed by atoms with Crippen LogP contribution >= 0.6 is 0 Å². The zero-order valence-electron chi connectivity index (χ0n) is 13.8. The van der Waals surface area contributed by atoms with E-state index in [9.17, 15) is 5.26 Å². The molecule has 0 spiro atoms. The number of nitrogens with one attached hydrogen (secondary N) is 1. The van der Waals surface area contributed by atoms with E-state index in [1.54, 1.807) is 23.1 Å². The van der Waals surface area contributed by atoms with Crippen LogP contribution in [0.25, 0.3) is 11.3 Å². The summed E-state index contributed by atoms with van der Waals surface area (Å²) in [7, 11) is 0. The van der Waals surface area contributed by atoms with Crippen molar-refractivity contribution in [3.05, 3.63) is 53.9 Å². The number of nitriles is 2. The first-order valence-corrected chi connectivity index (χ1v) is 8.14. The number of anilines is 1. The van der Waals surface area contributed by atoms with Gasteiger partial charge in [-0.3, -0.25) is 9.67 Å². The summed E-state index contributed by atoms with van der Waals surface area (Å²) < 4.78 is 1.73. The Hall–Kier alpha value is -3.78. The minimum atomic E-state index is -0.317. The van der Waals surface area contributed by atoms with Gasteiger partial charge in [-0.1, -0.05) is 0 Å². The minimum absolute atomic E-state index is 0.223. The summed E-state index contributed by atoms with van der Waals surface area (Å²) in [5, 5.41) is 26.0. The van der Waals surface area contributed by atoms with E-state index in [1.165, 1.54) is 12.5 Å². The first-order chi connectivity index (χ1) is 12.8. The van der Waals surface area contributed by atoms with Gasteiger partial charge < -0.3 is 5.32 Å². The number of pyridine rings is 1. The van der Waals surface area contributed by atoms with E-state index >= 15 is 0 Å². The average Bonchev–Trinajstić information content (AvgIpc) is 3.35. The molecule has 126 valence electrons. The molecule has 1 N–H and O–H groups in total. The molecule has 26 heavy (non-hydrogen) atoms. The van der Waals surface area contributed by atoms with Gasteiger partial charge in [0.05, 0.1) is 36.0 Å². The third kappa shape index (κ3) is 2.74. The molecule has 8 heteroatoms. The van der Waals surface area contributed by atoms with Crippen molar-refractivity contribution >= 4 is 5.82 Å². The van der Waals surface area contributed by atoms with Crippen LogP contribution in [0.5, 0.6) is 0 Å². The quantitative estimate of drug-likeness (QED) is 0.771. The Morgan fingerprint density at radius 2 is 2.15 bits per heavy atom. The van der Waals surface area contributed by atoms with Gasteiger partial charge in [-0.2, -0.15) is 15.6 Å². The first kappa shape index (κ1) is 15.7. The van der Waals surface area contributed by atoms with Gasteiger partial charge in [-0.25, -0.2) is 9.97 Å². The number of nitrogens with zero attached hydrogens (tertiary/aromatic N) is 7. The van der Waals surface area contributed by atoms with Crippen LogP contribution in [-0.2, 0) is 6.42 Å². The fraction of sp³-hybridized carbons (Fsp3) is 0.222. The lowest BCUT2D eigenvalue weighted by Crippen LogP contribution is -2.11. The maximum absolute atomic E-state index is 9.23. The molecule has 0 saturated heterocycles. The highest BCUT2D eigenvalue weighted by Gasteiger charge is 2.21. The molecule has 1 aliphatic rings. The molecule has 1 atom stereocenters. The smallest absolute Gasteiger partial charge is 0.133 e. The molecule has 0 radical (unpaired) electrons. The first-order valence-electron chi connectivity index (χ1n) is 8.14. The lowest BCUT2D eigenvalue weighted by molar-refractivity contribution is 0.531. The van der Waals surface area contributed by atoms with Gasteiger partial charge in [-0.05, 0) is 18.1 Å². The Balaban J connectivity index is 1.73. The van der Waals surface area contributed by atoms with Crippen LogP contribution in [0.1, 0.15) is 29.2 Å². The van der Waals surface area contributed by atoms with Gasteiger partial charge >= 0.3 is 0 Å². The molecule has 3 aromatic rings. The Kier molecular flexibility index (Phi) is 4.00. The molecule has 8 nitrogen and oxygen atoms in total. The number of aromatic nitrogens is 5. The van der Waals surface area contributed by atoms with Gasteiger partial charge in [0.15, 0.2) is 0 Å². The lowest BCUT2D eigenvalue weighted by Gasteiger charge is -2.14. The van der Waals surface area contributed by atoms with E-state index < -0.39 is 0 Å². The highest BCUT2D eigenvalue weighted by Crippen LogP contribution is 2.30. The Morgan fingerprint density at radius 1 is 1.23 bits per heavy atom. The van der Waals surface area contributed by atoms with Crippen LogP contribution in [0.15, 0.2) is 37.2 Å². The topological polar surface area (TPSA) is 116 Å². The highest BCUT2D eigenvalue weighted by atomic mass is 15.3. The maximum Gasteiger partial charge on any atom is 0.133 e. The third-order valence-electron chi connectivity index (χ3n) is 4.36. The molecule has 0 saturated carbocycles. The Morgan fingerprint density at radius 3 is 3.00 bits per heavy atom. The fourth-order valence-corrected chi connectivity index (χ4v) is 3.14. The van der Waals surface area contributed by atoms with Gasteiger partial charge in [-0.15, -0.1) is 0 Å². The largest absolute Gasteiger partial charge is 0.369 e. The van der Waals surface area contributed by atoms with Crippen molar-refractivity contribution in [2.75, 3.05) is 11.9 Å². The van der Waals surface area contributed by atoms with Crippen LogP contribution in [0, 0.1) is 22.7 Å². The predicted octanol–water partition coefficient (Wildman–Crippen LogP) is 2.08. The molecular weight excluding hydrogens is 328 g/mol. The SMILES string of the molecule is N#CCC(c1cncc(C#N)c1)n1cc(-c2ncnc3c2CCN3)cn1. The van der Waals surface area contributed by atoms with Crippen molar-refractivity contribution in [1.29, 1.82) is 10.5 Å². The third-order valence-corrected chi connectivity index (χ3v) is 4.36. The maximum atomic E-state index is 9.23. The fourth-order valence-electron chi connectivity index (χ4n) is 3.14. The van der Waals surface area contributed by atoms with E-state index in [2.05, 4.69) is 37.5 Å². The molecule has 0 aliphatic carbocycles. The standard InChI is InChI=1S/C18H14N8/c19-3-1-16(13-5-12(6-20)7-21-8-13)26-10-14(9-25-26)17-15-2-4-22-18(15)24-11-23-17/h5,7-11,16H,1-2,4H2,(H,22,23,24). The van der Waals surface area contributed by atoms with Crippen molar-refractivity contribution in [2.45, 2.75) is 18.9 Å². The summed E-state index contributed by atoms with van der Waals surface area (Å²) in [6.07, 6.45) is 9.41. The van der Waals surface area contributed by atoms with Crippen molar-refractivity contribution in [2.24, 2.45) is 0 Å². The van der Waals surface area contributed by atoms with Gasteiger partial charge in [0.25, 0.3) is 0 Å². The molecule has 0 bridgehead atoms. The van der Waals surface area contributed by atoms with E-state index in [-0.39, 0.29) is 12.5 Å². The molecule has 0 fully saturated rings. The average molecular weight is 342 g/mol. The van der Waals surface area contributed by atoms with Crippen molar-refractivity contribution < 1.29 is 0 Å². The van der Waals surface area contributed by atoms with Crippen molar-refractivity contribution in [3.8, 4) is 23.4 Å².